The van der Waals surface area contributed by atoms with Crippen LogP contribution in [0, 0.1) is 5.95 Å². The predicted octanol–water partition coefficient (Wildman–Crippen LogP) is -0.604. The van der Waals surface area contributed by atoms with E-state index in [1.54, 1.807) is 0 Å². The van der Waals surface area contributed by atoms with Gasteiger partial charge in [-0.15, -0.1) is 0 Å². The number of hydrogen-bond acceptors (Lipinski definition) is 4. The van der Waals surface area contributed by atoms with Gasteiger partial charge in [-0.1, -0.05) is 0 Å². The van der Waals surface area contributed by atoms with E-state index in [1.165, 1.54) is 6.07 Å². The summed E-state index contributed by atoms with van der Waals surface area (Å²) >= 11 is 0. The lowest BCUT2D eigenvalue weighted by molar-refractivity contribution is -0.140. The number of aromatic nitrogens is 1. The number of carboxylic acid groups (broad SMARTS) is 1. The van der Waals surface area contributed by atoms with E-state index in [0.29, 0.717) is 0 Å². The molecule has 0 saturated heterocycles. The second-order valence-corrected chi connectivity index (χ2v) is 2.89. The van der Waals surface area contributed by atoms with E-state index in [4.69, 9.17) is 10.2 Å². The Morgan fingerprint density at radius 2 is 2.25 bits per heavy atom. The number of hydrogen-bond donors (Lipinski definition) is 3. The number of rotatable bonds is 4. The lowest BCUT2D eigenvalue weighted by Gasteiger charge is -2.11. The fourth-order valence-electron chi connectivity index (χ4n) is 0.977. The highest BCUT2D eigenvalue weighted by Crippen LogP contribution is 2.03. The molecule has 7 heteroatoms. The third-order valence-electron chi connectivity index (χ3n) is 1.79. The summed E-state index contributed by atoms with van der Waals surface area (Å²) in [5.74, 6) is -3.34. The summed E-state index contributed by atoms with van der Waals surface area (Å²) in [4.78, 5) is 25.1. The zero-order valence-electron chi connectivity index (χ0n) is 8.05. The molecule has 0 spiro atoms. The molecule has 3 N–H and O–H groups in total. The van der Waals surface area contributed by atoms with E-state index in [9.17, 15) is 14.0 Å². The minimum atomic E-state index is -1.47. The van der Waals surface area contributed by atoms with Crippen LogP contribution in [0.5, 0.6) is 0 Å². The SMILES string of the molecule is O=C(N[C@@H](CO)C(=O)O)c1cccnc1F. The summed E-state index contributed by atoms with van der Waals surface area (Å²) in [5, 5.41) is 19.2. The van der Waals surface area contributed by atoms with Gasteiger partial charge >= 0.3 is 5.97 Å². The third kappa shape index (κ3) is 2.74. The number of amides is 1. The molecule has 0 fully saturated rings. The Balaban J connectivity index is 2.80. The zero-order chi connectivity index (χ0) is 12.1. The Morgan fingerprint density at radius 3 is 2.75 bits per heavy atom. The molecule has 0 aromatic carbocycles. The number of nitrogens with one attached hydrogen (secondary N) is 1. The summed E-state index contributed by atoms with van der Waals surface area (Å²) in [6.07, 6.45) is 1.16. The monoisotopic (exact) mass is 228 g/mol. The standard InChI is InChI=1S/C9H9FN2O4/c10-7-5(2-1-3-11-7)8(14)12-6(4-13)9(15)16/h1-3,6,13H,4H2,(H,12,14)(H,15,16)/t6-/m0/s1. The Morgan fingerprint density at radius 1 is 1.56 bits per heavy atom. The molecule has 1 aromatic rings. The third-order valence-corrected chi connectivity index (χ3v) is 1.79. The van der Waals surface area contributed by atoms with Gasteiger partial charge in [-0.2, -0.15) is 4.39 Å². The highest BCUT2D eigenvalue weighted by molar-refractivity contribution is 5.96. The first-order valence-corrected chi connectivity index (χ1v) is 4.31. The van der Waals surface area contributed by atoms with E-state index < -0.39 is 30.5 Å². The lowest BCUT2D eigenvalue weighted by atomic mass is 10.2. The van der Waals surface area contributed by atoms with Crippen LogP contribution in [0.2, 0.25) is 0 Å². The van der Waals surface area contributed by atoms with Crippen molar-refractivity contribution in [3.63, 3.8) is 0 Å². The molecule has 1 heterocycles. The number of aliphatic hydroxyl groups excluding tert-OH is 1. The predicted molar refractivity (Wildman–Crippen MR) is 50.2 cm³/mol. The van der Waals surface area contributed by atoms with Crippen LogP contribution in [0.1, 0.15) is 10.4 Å². The van der Waals surface area contributed by atoms with E-state index in [2.05, 4.69) is 4.98 Å². The van der Waals surface area contributed by atoms with Crippen LogP contribution in [0.3, 0.4) is 0 Å². The molecule has 1 aromatic heterocycles. The molecule has 0 saturated carbocycles. The first-order valence-electron chi connectivity index (χ1n) is 4.31. The highest BCUT2D eigenvalue weighted by Gasteiger charge is 2.21. The first kappa shape index (κ1) is 12.1. The highest BCUT2D eigenvalue weighted by atomic mass is 19.1. The second-order valence-electron chi connectivity index (χ2n) is 2.89. The normalized spacial score (nSPS) is 11.9. The largest absolute Gasteiger partial charge is 0.480 e. The Labute approximate surface area is 89.7 Å². The maximum absolute atomic E-state index is 13.0. The Bertz CT molecular complexity index is 410. The van der Waals surface area contributed by atoms with E-state index in [-0.39, 0.29) is 5.56 Å². The average Bonchev–Trinajstić information content (AvgIpc) is 2.25. The van der Waals surface area contributed by atoms with Gasteiger partial charge in [-0.25, -0.2) is 9.78 Å². The molecule has 86 valence electrons. The summed E-state index contributed by atoms with van der Waals surface area (Å²) in [7, 11) is 0. The molecule has 16 heavy (non-hydrogen) atoms. The van der Waals surface area contributed by atoms with E-state index >= 15 is 0 Å². The molecule has 0 aliphatic heterocycles. The number of aliphatic hydroxyl groups is 1. The summed E-state index contributed by atoms with van der Waals surface area (Å²) < 4.78 is 13.0. The number of carboxylic acids is 1. The van der Waals surface area contributed by atoms with Crippen molar-refractivity contribution in [2.75, 3.05) is 6.61 Å². The number of carbonyl (C=O) groups excluding carboxylic acids is 1. The van der Waals surface area contributed by atoms with Crippen molar-refractivity contribution in [2.24, 2.45) is 0 Å². The van der Waals surface area contributed by atoms with Gasteiger partial charge in [0.1, 0.15) is 0 Å². The van der Waals surface area contributed by atoms with Gasteiger partial charge in [-0.3, -0.25) is 4.79 Å². The van der Waals surface area contributed by atoms with Gasteiger partial charge in [0.15, 0.2) is 6.04 Å². The minimum Gasteiger partial charge on any atom is -0.480 e. The summed E-state index contributed by atoms with van der Waals surface area (Å²) in [5.41, 5.74) is -0.373. The van der Waals surface area contributed by atoms with Crippen LogP contribution in [0.15, 0.2) is 18.3 Å². The van der Waals surface area contributed by atoms with Crippen LogP contribution in [-0.2, 0) is 4.79 Å². The van der Waals surface area contributed by atoms with Crippen molar-refractivity contribution >= 4 is 11.9 Å². The fourth-order valence-corrected chi connectivity index (χ4v) is 0.977. The van der Waals surface area contributed by atoms with E-state index in [0.717, 1.165) is 12.3 Å². The Kier molecular flexibility index (Phi) is 3.90. The number of aliphatic carboxylic acids is 1. The van der Waals surface area contributed by atoms with Crippen molar-refractivity contribution in [1.82, 2.24) is 10.3 Å². The molecule has 0 aliphatic carbocycles. The van der Waals surface area contributed by atoms with Gasteiger partial charge in [0, 0.05) is 6.20 Å². The van der Waals surface area contributed by atoms with Crippen LogP contribution in [0.4, 0.5) is 4.39 Å². The molecule has 1 atom stereocenters. The Hall–Kier alpha value is -2.02. The smallest absolute Gasteiger partial charge is 0.328 e. The molecular formula is C9H9FN2O4. The first-order chi connectivity index (χ1) is 7.56. The van der Waals surface area contributed by atoms with Crippen LogP contribution >= 0.6 is 0 Å². The topological polar surface area (TPSA) is 99.5 Å². The van der Waals surface area contributed by atoms with Crippen molar-refractivity contribution in [3.8, 4) is 0 Å². The van der Waals surface area contributed by atoms with Crippen molar-refractivity contribution in [2.45, 2.75) is 6.04 Å². The number of nitrogens with zero attached hydrogens (tertiary/aromatic N) is 1. The van der Waals surface area contributed by atoms with Gasteiger partial charge in [0.25, 0.3) is 5.91 Å². The number of pyridine rings is 1. The molecule has 6 nitrogen and oxygen atoms in total. The van der Waals surface area contributed by atoms with Crippen LogP contribution < -0.4 is 5.32 Å². The quantitative estimate of drug-likeness (QED) is 0.597. The summed E-state index contributed by atoms with van der Waals surface area (Å²) in [6, 6.07) is 1.04. The minimum absolute atomic E-state index is 0.373. The van der Waals surface area contributed by atoms with Crippen LogP contribution in [-0.4, -0.2) is 39.7 Å². The van der Waals surface area contributed by atoms with Crippen LogP contribution in [0.25, 0.3) is 0 Å². The van der Waals surface area contributed by atoms with Gasteiger partial charge in [0.05, 0.1) is 12.2 Å². The van der Waals surface area contributed by atoms with Crippen molar-refractivity contribution < 1.29 is 24.2 Å². The molecule has 0 radical (unpaired) electrons. The van der Waals surface area contributed by atoms with Gasteiger partial charge < -0.3 is 15.5 Å². The molecule has 1 rings (SSSR count). The fraction of sp³-hybridized carbons (Fsp3) is 0.222. The molecular weight excluding hydrogens is 219 g/mol. The molecule has 0 unspecified atom stereocenters. The molecule has 0 aliphatic rings. The average molecular weight is 228 g/mol. The maximum atomic E-state index is 13.0. The lowest BCUT2D eigenvalue weighted by Crippen LogP contribution is -2.43. The number of carbonyl (C=O) groups is 2. The van der Waals surface area contributed by atoms with E-state index in [1.807, 2.05) is 5.32 Å². The van der Waals surface area contributed by atoms with Gasteiger partial charge in [-0.05, 0) is 12.1 Å². The molecule has 0 bridgehead atoms. The maximum Gasteiger partial charge on any atom is 0.328 e. The zero-order valence-corrected chi connectivity index (χ0v) is 8.05. The second kappa shape index (κ2) is 5.17. The number of halogens is 1. The van der Waals surface area contributed by atoms with Crippen molar-refractivity contribution in [3.05, 3.63) is 29.8 Å². The van der Waals surface area contributed by atoms with Gasteiger partial charge in [0.2, 0.25) is 5.95 Å². The molecule has 1 amide bonds. The summed E-state index contributed by atoms with van der Waals surface area (Å²) in [6.45, 7) is -0.775. The van der Waals surface area contributed by atoms with Crippen molar-refractivity contribution in [1.29, 1.82) is 0 Å².